The standard InChI is InChI=1S/C22H26ClN3O3S/c1-25-10-12-26(13-11-25)22(28)16-3-8-20(29-2)19(15-16)24-21(27)9-14-30-18-6-4-17(23)5-7-18/h3-8,15H,9-14H2,1-2H3,(H,24,27). The van der Waals surface area contributed by atoms with Gasteiger partial charge < -0.3 is 19.9 Å². The Balaban J connectivity index is 1.59. The lowest BCUT2D eigenvalue weighted by molar-refractivity contribution is -0.115. The van der Waals surface area contributed by atoms with E-state index in [0.717, 1.165) is 18.0 Å². The molecule has 0 unspecified atom stereocenters. The fraction of sp³-hybridized carbons (Fsp3) is 0.364. The van der Waals surface area contributed by atoms with Crippen molar-refractivity contribution in [3.05, 3.63) is 53.1 Å². The average molecular weight is 448 g/mol. The van der Waals surface area contributed by atoms with Crippen LogP contribution in [0.15, 0.2) is 47.4 Å². The van der Waals surface area contributed by atoms with Crippen molar-refractivity contribution < 1.29 is 14.3 Å². The third-order valence-corrected chi connectivity index (χ3v) is 6.19. The molecule has 0 aliphatic carbocycles. The van der Waals surface area contributed by atoms with Crippen molar-refractivity contribution in [3.8, 4) is 5.75 Å². The van der Waals surface area contributed by atoms with Gasteiger partial charge in [-0.15, -0.1) is 11.8 Å². The summed E-state index contributed by atoms with van der Waals surface area (Å²) in [4.78, 5) is 30.4. The van der Waals surface area contributed by atoms with Crippen LogP contribution in [-0.2, 0) is 4.79 Å². The largest absolute Gasteiger partial charge is 0.495 e. The van der Waals surface area contributed by atoms with Crippen LogP contribution in [0.2, 0.25) is 5.02 Å². The predicted octanol–water partition coefficient (Wildman–Crippen LogP) is 3.86. The molecule has 2 aromatic rings. The number of piperazine rings is 1. The number of carbonyl (C=O) groups is 2. The van der Waals surface area contributed by atoms with Crippen LogP contribution in [0.1, 0.15) is 16.8 Å². The van der Waals surface area contributed by atoms with Crippen LogP contribution in [0.25, 0.3) is 0 Å². The SMILES string of the molecule is COc1ccc(C(=O)N2CCN(C)CC2)cc1NC(=O)CCSc1ccc(Cl)cc1. The Labute approximate surface area is 186 Å². The van der Waals surface area contributed by atoms with E-state index in [-0.39, 0.29) is 11.8 Å². The average Bonchev–Trinajstić information content (AvgIpc) is 2.75. The second kappa shape index (κ2) is 10.7. The Morgan fingerprint density at radius 3 is 2.47 bits per heavy atom. The van der Waals surface area contributed by atoms with Gasteiger partial charge in [0.15, 0.2) is 0 Å². The normalized spacial score (nSPS) is 14.4. The zero-order chi connectivity index (χ0) is 21.5. The number of nitrogens with zero attached hydrogens (tertiary/aromatic N) is 2. The number of hydrogen-bond donors (Lipinski definition) is 1. The third-order valence-electron chi connectivity index (χ3n) is 4.92. The highest BCUT2D eigenvalue weighted by atomic mass is 35.5. The van der Waals surface area contributed by atoms with Crippen molar-refractivity contribution in [2.45, 2.75) is 11.3 Å². The van der Waals surface area contributed by atoms with E-state index in [9.17, 15) is 9.59 Å². The van der Waals surface area contributed by atoms with Crippen LogP contribution in [0.3, 0.4) is 0 Å². The molecule has 1 heterocycles. The highest BCUT2D eigenvalue weighted by Crippen LogP contribution is 2.27. The number of hydrogen-bond acceptors (Lipinski definition) is 5. The van der Waals surface area contributed by atoms with Gasteiger partial charge in [-0.1, -0.05) is 11.6 Å². The number of amides is 2. The van der Waals surface area contributed by atoms with Crippen molar-refractivity contribution in [2.24, 2.45) is 0 Å². The lowest BCUT2D eigenvalue weighted by atomic mass is 10.1. The summed E-state index contributed by atoms with van der Waals surface area (Å²) in [6.07, 6.45) is 0.340. The number of halogens is 1. The summed E-state index contributed by atoms with van der Waals surface area (Å²) in [7, 11) is 3.59. The second-order valence-electron chi connectivity index (χ2n) is 7.11. The molecule has 0 aromatic heterocycles. The molecule has 1 fully saturated rings. The number of rotatable bonds is 7. The molecule has 1 N–H and O–H groups in total. The Morgan fingerprint density at radius 1 is 1.10 bits per heavy atom. The van der Waals surface area contributed by atoms with Crippen LogP contribution in [0, 0.1) is 0 Å². The van der Waals surface area contributed by atoms with E-state index in [1.54, 1.807) is 37.1 Å². The molecule has 0 bridgehead atoms. The number of methoxy groups -OCH3 is 1. The van der Waals surface area contributed by atoms with E-state index in [2.05, 4.69) is 10.2 Å². The monoisotopic (exact) mass is 447 g/mol. The number of likely N-dealkylation sites (N-methyl/N-ethyl adjacent to an activating group) is 1. The fourth-order valence-electron chi connectivity index (χ4n) is 3.14. The fourth-order valence-corrected chi connectivity index (χ4v) is 4.11. The minimum atomic E-state index is -0.126. The summed E-state index contributed by atoms with van der Waals surface area (Å²) in [5.74, 6) is 1.01. The van der Waals surface area contributed by atoms with E-state index in [4.69, 9.17) is 16.3 Å². The van der Waals surface area contributed by atoms with Crippen molar-refractivity contribution in [1.29, 1.82) is 0 Å². The van der Waals surface area contributed by atoms with Crippen molar-refractivity contribution in [1.82, 2.24) is 9.80 Å². The lowest BCUT2D eigenvalue weighted by Crippen LogP contribution is -2.47. The van der Waals surface area contributed by atoms with Crippen LogP contribution in [0.4, 0.5) is 5.69 Å². The molecule has 30 heavy (non-hydrogen) atoms. The van der Waals surface area contributed by atoms with Gasteiger partial charge in [0.25, 0.3) is 5.91 Å². The minimum absolute atomic E-state index is 0.0282. The number of ether oxygens (including phenoxy) is 1. The molecule has 1 saturated heterocycles. The van der Waals surface area contributed by atoms with Gasteiger partial charge in [-0.05, 0) is 49.5 Å². The highest BCUT2D eigenvalue weighted by Gasteiger charge is 2.21. The third kappa shape index (κ3) is 6.14. The molecule has 8 heteroatoms. The van der Waals surface area contributed by atoms with Gasteiger partial charge in [0.2, 0.25) is 5.91 Å². The molecule has 6 nitrogen and oxygen atoms in total. The van der Waals surface area contributed by atoms with Crippen LogP contribution in [-0.4, -0.2) is 67.7 Å². The molecular formula is C22H26ClN3O3S. The van der Waals surface area contributed by atoms with E-state index in [0.29, 0.717) is 47.3 Å². The van der Waals surface area contributed by atoms with E-state index >= 15 is 0 Å². The molecule has 1 aliphatic rings. The zero-order valence-electron chi connectivity index (χ0n) is 17.2. The number of thioether (sulfide) groups is 1. The summed E-state index contributed by atoms with van der Waals surface area (Å²) in [5, 5.41) is 3.57. The van der Waals surface area contributed by atoms with E-state index in [1.807, 2.05) is 36.2 Å². The quantitative estimate of drug-likeness (QED) is 0.653. The molecule has 0 radical (unpaired) electrons. The first-order valence-electron chi connectivity index (χ1n) is 9.80. The summed E-state index contributed by atoms with van der Waals surface area (Å²) in [6.45, 7) is 3.11. The summed E-state index contributed by atoms with van der Waals surface area (Å²) in [6, 6.07) is 12.7. The van der Waals surface area contributed by atoms with Gasteiger partial charge in [0, 0.05) is 53.8 Å². The molecular weight excluding hydrogens is 422 g/mol. The van der Waals surface area contributed by atoms with Crippen molar-refractivity contribution in [2.75, 3.05) is 51.4 Å². The van der Waals surface area contributed by atoms with Crippen LogP contribution >= 0.6 is 23.4 Å². The topological polar surface area (TPSA) is 61.9 Å². The molecule has 2 amide bonds. The van der Waals surface area contributed by atoms with Gasteiger partial charge in [0.05, 0.1) is 12.8 Å². The predicted molar refractivity (Wildman–Crippen MR) is 122 cm³/mol. The smallest absolute Gasteiger partial charge is 0.254 e. The van der Waals surface area contributed by atoms with E-state index in [1.165, 1.54) is 0 Å². The van der Waals surface area contributed by atoms with Gasteiger partial charge in [0.1, 0.15) is 5.75 Å². The van der Waals surface area contributed by atoms with Gasteiger partial charge in [-0.3, -0.25) is 9.59 Å². The molecule has 160 valence electrons. The number of carbonyl (C=O) groups excluding carboxylic acids is 2. The first kappa shape index (κ1) is 22.5. The lowest BCUT2D eigenvalue weighted by Gasteiger charge is -2.32. The number of anilines is 1. The minimum Gasteiger partial charge on any atom is -0.495 e. The number of nitrogens with one attached hydrogen (secondary N) is 1. The Morgan fingerprint density at radius 2 is 1.80 bits per heavy atom. The molecule has 0 saturated carbocycles. The summed E-state index contributed by atoms with van der Waals surface area (Å²) < 4.78 is 5.36. The maximum Gasteiger partial charge on any atom is 0.254 e. The van der Waals surface area contributed by atoms with Gasteiger partial charge >= 0.3 is 0 Å². The highest BCUT2D eigenvalue weighted by molar-refractivity contribution is 7.99. The first-order valence-corrected chi connectivity index (χ1v) is 11.2. The summed E-state index contributed by atoms with van der Waals surface area (Å²) >= 11 is 7.48. The Kier molecular flexibility index (Phi) is 8.01. The van der Waals surface area contributed by atoms with Gasteiger partial charge in [-0.2, -0.15) is 0 Å². The molecule has 2 aromatic carbocycles. The Hall–Kier alpha value is -2.22. The zero-order valence-corrected chi connectivity index (χ0v) is 18.8. The van der Waals surface area contributed by atoms with Crippen LogP contribution in [0.5, 0.6) is 5.75 Å². The molecule has 0 atom stereocenters. The first-order chi connectivity index (χ1) is 14.5. The van der Waals surface area contributed by atoms with Gasteiger partial charge in [-0.25, -0.2) is 0 Å². The maximum atomic E-state index is 12.8. The Bertz CT molecular complexity index is 884. The van der Waals surface area contributed by atoms with Crippen LogP contribution < -0.4 is 10.1 Å². The van der Waals surface area contributed by atoms with Crippen molar-refractivity contribution in [3.63, 3.8) is 0 Å². The maximum absolute atomic E-state index is 12.8. The molecule has 1 aliphatic heterocycles. The molecule has 0 spiro atoms. The second-order valence-corrected chi connectivity index (χ2v) is 8.72. The molecule has 3 rings (SSSR count). The van der Waals surface area contributed by atoms with Crippen molar-refractivity contribution >= 4 is 40.9 Å². The summed E-state index contributed by atoms with van der Waals surface area (Å²) in [5.41, 5.74) is 1.06. The van der Waals surface area contributed by atoms with E-state index < -0.39 is 0 Å². The number of benzene rings is 2.